The van der Waals surface area contributed by atoms with Crippen LogP contribution >= 0.6 is 0 Å². The first-order valence-corrected chi connectivity index (χ1v) is 14.1. The maximum atomic E-state index is 14.0. The Labute approximate surface area is 236 Å². The van der Waals surface area contributed by atoms with Crippen molar-refractivity contribution in [1.29, 1.82) is 0 Å². The maximum absolute atomic E-state index is 14.0. The summed E-state index contributed by atoms with van der Waals surface area (Å²) in [6.07, 6.45) is 2.42. The van der Waals surface area contributed by atoms with Gasteiger partial charge in [-0.25, -0.2) is 9.18 Å². The molecule has 1 heterocycles. The molecule has 210 valence electrons. The van der Waals surface area contributed by atoms with Gasteiger partial charge in [-0.1, -0.05) is 72.8 Å². The zero-order valence-electron chi connectivity index (χ0n) is 23.6. The molecule has 0 aromatic heterocycles. The minimum absolute atomic E-state index is 0.0858. The van der Waals surface area contributed by atoms with Crippen molar-refractivity contribution in [3.05, 3.63) is 107 Å². The molecule has 2 fully saturated rings. The summed E-state index contributed by atoms with van der Waals surface area (Å²) in [4.78, 5) is 32.6. The third-order valence-corrected chi connectivity index (χ3v) is 8.72. The lowest BCUT2D eigenvalue weighted by Crippen LogP contribution is -2.55. The number of carbonyl (C=O) groups excluding carboxylic acids is 2. The third-order valence-electron chi connectivity index (χ3n) is 8.72. The van der Waals surface area contributed by atoms with Crippen molar-refractivity contribution in [2.45, 2.75) is 36.8 Å². The van der Waals surface area contributed by atoms with Gasteiger partial charge in [0.25, 0.3) is 0 Å². The van der Waals surface area contributed by atoms with Crippen LogP contribution in [0.15, 0.2) is 84.9 Å². The van der Waals surface area contributed by atoms with Crippen molar-refractivity contribution >= 4 is 11.9 Å². The number of urea groups is 1. The van der Waals surface area contributed by atoms with Crippen LogP contribution < -0.4 is 5.32 Å². The van der Waals surface area contributed by atoms with Crippen LogP contribution in [0.1, 0.15) is 36.0 Å². The van der Waals surface area contributed by atoms with Crippen LogP contribution in [0, 0.1) is 11.7 Å². The first kappa shape index (κ1) is 27.8. The third kappa shape index (κ3) is 5.61. The predicted molar refractivity (Wildman–Crippen MR) is 155 cm³/mol. The summed E-state index contributed by atoms with van der Waals surface area (Å²) < 4.78 is 13.4. The number of hydrogen-bond donors (Lipinski definition) is 1. The van der Waals surface area contributed by atoms with Gasteiger partial charge in [0, 0.05) is 47.3 Å². The molecule has 1 N–H and O–H groups in total. The number of piperidine rings is 1. The smallest absolute Gasteiger partial charge is 0.317 e. The minimum Gasteiger partial charge on any atom is -0.341 e. The van der Waals surface area contributed by atoms with Crippen molar-refractivity contribution in [1.82, 2.24) is 20.0 Å². The van der Waals surface area contributed by atoms with E-state index < -0.39 is 11.0 Å². The summed E-state index contributed by atoms with van der Waals surface area (Å²) in [5, 5.41) is 3.32. The van der Waals surface area contributed by atoms with E-state index in [1.165, 1.54) is 12.1 Å². The number of nitrogens with zero attached hydrogens (tertiary/aromatic N) is 3. The lowest BCUT2D eigenvalue weighted by atomic mass is 9.80. The molecule has 6 nitrogen and oxygen atoms in total. The van der Waals surface area contributed by atoms with Crippen LogP contribution in [-0.2, 0) is 22.3 Å². The van der Waals surface area contributed by atoms with E-state index in [4.69, 9.17) is 0 Å². The van der Waals surface area contributed by atoms with E-state index in [-0.39, 0.29) is 23.7 Å². The molecule has 2 atom stereocenters. The topological polar surface area (TPSA) is 55.9 Å². The largest absolute Gasteiger partial charge is 0.341 e. The van der Waals surface area contributed by atoms with Gasteiger partial charge in [0.05, 0.1) is 11.0 Å². The average Bonchev–Trinajstić information content (AvgIpc) is 3.70. The van der Waals surface area contributed by atoms with Crippen LogP contribution in [0.25, 0.3) is 0 Å². The van der Waals surface area contributed by atoms with Crippen LogP contribution in [0.5, 0.6) is 0 Å². The second-order valence-electron chi connectivity index (χ2n) is 11.6. The number of amides is 3. The second-order valence-corrected chi connectivity index (χ2v) is 11.6. The normalized spacial score (nSPS) is 21.9. The number of likely N-dealkylation sites (N-methyl/N-ethyl adjacent to an activating group) is 1. The van der Waals surface area contributed by atoms with E-state index in [0.717, 1.165) is 55.6 Å². The number of hydrogen-bond acceptors (Lipinski definition) is 3. The quantitative estimate of drug-likeness (QED) is 0.436. The average molecular weight is 543 g/mol. The van der Waals surface area contributed by atoms with Gasteiger partial charge in [-0.2, -0.15) is 0 Å². The number of carbonyl (C=O) groups is 2. The van der Waals surface area contributed by atoms with E-state index in [1.807, 2.05) is 43.4 Å². The van der Waals surface area contributed by atoms with Gasteiger partial charge in [-0.15, -0.1) is 0 Å². The van der Waals surface area contributed by atoms with Crippen molar-refractivity contribution in [3.8, 4) is 0 Å². The molecule has 40 heavy (non-hydrogen) atoms. The molecule has 3 aromatic rings. The highest BCUT2D eigenvalue weighted by molar-refractivity contribution is 5.92. The van der Waals surface area contributed by atoms with Gasteiger partial charge in [0.1, 0.15) is 5.82 Å². The molecular weight excluding hydrogens is 503 g/mol. The van der Waals surface area contributed by atoms with Crippen LogP contribution in [0.3, 0.4) is 0 Å². The number of rotatable bonds is 8. The number of likely N-dealkylation sites (tertiary alicyclic amines) is 1. The van der Waals surface area contributed by atoms with Crippen molar-refractivity contribution in [3.63, 3.8) is 0 Å². The van der Waals surface area contributed by atoms with E-state index in [9.17, 15) is 14.0 Å². The Morgan fingerprint density at radius 1 is 0.875 bits per heavy atom. The monoisotopic (exact) mass is 542 g/mol. The minimum atomic E-state index is -0.552. The van der Waals surface area contributed by atoms with Gasteiger partial charge >= 0.3 is 6.03 Å². The second kappa shape index (κ2) is 11.4. The lowest BCUT2D eigenvalue weighted by molar-refractivity contribution is -0.133. The van der Waals surface area contributed by atoms with E-state index >= 15 is 0 Å². The van der Waals surface area contributed by atoms with Gasteiger partial charge in [-0.3, -0.25) is 4.79 Å². The fourth-order valence-electron chi connectivity index (χ4n) is 6.29. The highest BCUT2D eigenvalue weighted by atomic mass is 19.1. The van der Waals surface area contributed by atoms with Gasteiger partial charge in [0.2, 0.25) is 5.91 Å². The molecule has 7 heteroatoms. The maximum Gasteiger partial charge on any atom is 0.317 e. The number of nitrogens with one attached hydrogen (secondary N) is 1. The highest BCUT2D eigenvalue weighted by Crippen LogP contribution is 2.56. The van der Waals surface area contributed by atoms with E-state index in [1.54, 1.807) is 36.0 Å². The standard InChI is InChI=1S/C33H39FN4O2/c1-36(2)31(40)35-32(26-10-6-4-7-11-26)18-20-38(21-19-32)24-28-22-33(28,27-12-8-5-9-13-27)30(39)37(3)23-25-14-16-29(34)17-15-25/h4-17,28H,18-24H2,1-3H3,(H,35,40). The lowest BCUT2D eigenvalue weighted by Gasteiger charge is -2.43. The zero-order valence-corrected chi connectivity index (χ0v) is 23.6. The zero-order chi connectivity index (χ0) is 28.3. The Hall–Kier alpha value is -3.71. The summed E-state index contributed by atoms with van der Waals surface area (Å²) in [6.45, 7) is 2.94. The van der Waals surface area contributed by atoms with Gasteiger partial charge in [-0.05, 0) is 54.0 Å². The fraction of sp³-hybridized carbons (Fsp3) is 0.394. The summed E-state index contributed by atoms with van der Waals surface area (Å²) in [7, 11) is 5.38. The van der Waals surface area contributed by atoms with Crippen molar-refractivity contribution < 1.29 is 14.0 Å². The summed E-state index contributed by atoms with van der Waals surface area (Å²) in [6, 6.07) is 26.6. The van der Waals surface area contributed by atoms with Crippen molar-refractivity contribution in [2.75, 3.05) is 40.8 Å². The predicted octanol–water partition coefficient (Wildman–Crippen LogP) is 5.00. The summed E-state index contributed by atoms with van der Waals surface area (Å²) in [5.74, 6) is 0.0420. The Balaban J connectivity index is 1.30. The fourth-order valence-corrected chi connectivity index (χ4v) is 6.29. The summed E-state index contributed by atoms with van der Waals surface area (Å²) in [5.41, 5.74) is 2.14. The molecule has 2 aliphatic rings. The van der Waals surface area contributed by atoms with E-state index in [0.29, 0.717) is 6.54 Å². The van der Waals surface area contributed by atoms with Crippen LogP contribution in [-0.4, -0.2) is 67.4 Å². The van der Waals surface area contributed by atoms with Crippen LogP contribution in [0.2, 0.25) is 0 Å². The SMILES string of the molecule is CN(C)C(=O)NC1(c2ccccc2)CCN(CC2CC2(C(=O)N(C)Cc2ccc(F)cc2)c2ccccc2)CC1. The Bertz CT molecular complexity index is 1310. The molecule has 0 bridgehead atoms. The molecule has 3 aromatic carbocycles. The molecule has 1 aliphatic heterocycles. The molecule has 0 radical (unpaired) electrons. The molecule has 5 rings (SSSR count). The molecule has 1 saturated carbocycles. The van der Waals surface area contributed by atoms with Crippen LogP contribution in [0.4, 0.5) is 9.18 Å². The number of benzene rings is 3. The summed E-state index contributed by atoms with van der Waals surface area (Å²) >= 11 is 0. The Morgan fingerprint density at radius 3 is 2.02 bits per heavy atom. The molecule has 0 spiro atoms. The Kier molecular flexibility index (Phi) is 7.95. The Morgan fingerprint density at radius 2 is 1.45 bits per heavy atom. The van der Waals surface area contributed by atoms with E-state index in [2.05, 4.69) is 34.5 Å². The van der Waals surface area contributed by atoms with Gasteiger partial charge in [0.15, 0.2) is 0 Å². The first-order valence-electron chi connectivity index (χ1n) is 14.1. The molecular formula is C33H39FN4O2. The number of halogens is 1. The first-order chi connectivity index (χ1) is 19.2. The molecule has 1 saturated heterocycles. The van der Waals surface area contributed by atoms with Gasteiger partial charge < -0.3 is 20.0 Å². The molecule has 1 aliphatic carbocycles. The highest BCUT2D eigenvalue weighted by Gasteiger charge is 2.62. The molecule has 3 amide bonds. The van der Waals surface area contributed by atoms with Crippen molar-refractivity contribution in [2.24, 2.45) is 5.92 Å². The molecule has 2 unspecified atom stereocenters.